The molecule has 1 aromatic heterocycles. The summed E-state index contributed by atoms with van der Waals surface area (Å²) in [6.45, 7) is 3.98. The maximum absolute atomic E-state index is 12.7. The number of hydrogen-bond acceptors (Lipinski definition) is 2. The predicted molar refractivity (Wildman–Crippen MR) is 82.0 cm³/mol. The first kappa shape index (κ1) is 18.7. The Morgan fingerprint density at radius 2 is 2.15 bits per heavy atom. The Kier molecular flexibility index (Phi) is 7.61. The van der Waals surface area contributed by atoms with Crippen molar-refractivity contribution < 1.29 is 13.2 Å². The van der Waals surface area contributed by atoms with E-state index >= 15 is 0 Å². The topological polar surface area (TPSA) is 54.2 Å². The van der Waals surface area contributed by atoms with Gasteiger partial charge in [-0.2, -0.15) is 18.3 Å². The molecule has 0 aliphatic heterocycles. The van der Waals surface area contributed by atoms with Gasteiger partial charge in [-0.25, -0.2) is 0 Å². The van der Waals surface area contributed by atoms with Crippen LogP contribution >= 0.6 is 24.0 Å². The number of nitrogens with one attached hydrogen (secondary N) is 2. The molecule has 20 heavy (non-hydrogen) atoms. The molecule has 0 unspecified atom stereocenters. The number of rotatable bonds is 4. The standard InChI is InChI=1S/C11H16F3N5.HI/c1-4-5-16-10(15-2)17-6-8-7-19(3)18-9(8)11(12,13)14;/h4,7H,1,5-6H2,2-3H3,(H2,15,16,17);1H. The van der Waals surface area contributed by atoms with Crippen LogP contribution in [0.4, 0.5) is 13.2 Å². The molecule has 5 nitrogen and oxygen atoms in total. The van der Waals surface area contributed by atoms with E-state index in [-0.39, 0.29) is 36.1 Å². The van der Waals surface area contributed by atoms with Gasteiger partial charge in [0.1, 0.15) is 0 Å². The first-order chi connectivity index (χ1) is 8.88. The normalized spacial score (nSPS) is 11.8. The van der Waals surface area contributed by atoms with E-state index in [0.29, 0.717) is 12.5 Å². The summed E-state index contributed by atoms with van der Waals surface area (Å²) in [7, 11) is 2.98. The summed E-state index contributed by atoms with van der Waals surface area (Å²) < 4.78 is 39.3. The third kappa shape index (κ3) is 5.39. The highest BCUT2D eigenvalue weighted by molar-refractivity contribution is 14.0. The molecule has 0 aliphatic rings. The minimum absolute atomic E-state index is 0. The van der Waals surface area contributed by atoms with E-state index in [1.54, 1.807) is 6.08 Å². The van der Waals surface area contributed by atoms with Gasteiger partial charge in [0.2, 0.25) is 0 Å². The largest absolute Gasteiger partial charge is 0.435 e. The Bertz CT molecular complexity index is 467. The number of alkyl halides is 3. The van der Waals surface area contributed by atoms with Crippen molar-refractivity contribution >= 4 is 29.9 Å². The van der Waals surface area contributed by atoms with Crippen LogP contribution < -0.4 is 10.6 Å². The van der Waals surface area contributed by atoms with E-state index in [1.807, 2.05) is 0 Å². The van der Waals surface area contributed by atoms with Crippen molar-refractivity contribution in [3.05, 3.63) is 30.1 Å². The van der Waals surface area contributed by atoms with Crippen molar-refractivity contribution in [1.29, 1.82) is 0 Å². The van der Waals surface area contributed by atoms with Gasteiger partial charge in [-0.1, -0.05) is 6.08 Å². The monoisotopic (exact) mass is 403 g/mol. The molecule has 0 aromatic carbocycles. The van der Waals surface area contributed by atoms with Crippen molar-refractivity contribution in [2.75, 3.05) is 13.6 Å². The van der Waals surface area contributed by atoms with Crippen LogP contribution in [0.2, 0.25) is 0 Å². The summed E-state index contributed by atoms with van der Waals surface area (Å²) in [5.74, 6) is 0.400. The molecule has 0 saturated heterocycles. The van der Waals surface area contributed by atoms with Gasteiger partial charge in [0.05, 0.1) is 0 Å². The van der Waals surface area contributed by atoms with Gasteiger partial charge in [0.15, 0.2) is 11.7 Å². The van der Waals surface area contributed by atoms with Crippen LogP contribution in [-0.4, -0.2) is 29.3 Å². The lowest BCUT2D eigenvalue weighted by Gasteiger charge is -2.11. The van der Waals surface area contributed by atoms with Crippen LogP contribution in [-0.2, 0) is 19.8 Å². The Balaban J connectivity index is 0.00000361. The average Bonchev–Trinajstić information content (AvgIpc) is 2.71. The molecule has 0 amide bonds. The molecule has 2 N–H and O–H groups in total. The van der Waals surface area contributed by atoms with E-state index < -0.39 is 11.9 Å². The average molecular weight is 403 g/mol. The zero-order chi connectivity index (χ0) is 14.5. The van der Waals surface area contributed by atoms with Gasteiger partial charge >= 0.3 is 6.18 Å². The summed E-state index contributed by atoms with van der Waals surface area (Å²) in [4.78, 5) is 3.88. The highest BCUT2D eigenvalue weighted by Gasteiger charge is 2.36. The third-order valence-corrected chi connectivity index (χ3v) is 2.26. The van der Waals surface area contributed by atoms with Crippen LogP contribution in [0.25, 0.3) is 0 Å². The molecule has 1 rings (SSSR count). The zero-order valence-corrected chi connectivity index (χ0v) is 13.5. The van der Waals surface area contributed by atoms with Gasteiger partial charge in [-0.05, 0) is 0 Å². The Labute approximate surface area is 132 Å². The van der Waals surface area contributed by atoms with Gasteiger partial charge in [-0.3, -0.25) is 9.67 Å². The van der Waals surface area contributed by atoms with Crippen molar-refractivity contribution in [3.63, 3.8) is 0 Å². The van der Waals surface area contributed by atoms with Crippen LogP contribution in [0.15, 0.2) is 23.8 Å². The lowest BCUT2D eigenvalue weighted by Crippen LogP contribution is -2.37. The van der Waals surface area contributed by atoms with E-state index in [4.69, 9.17) is 0 Å². The van der Waals surface area contributed by atoms with E-state index in [0.717, 1.165) is 4.68 Å². The van der Waals surface area contributed by atoms with Crippen molar-refractivity contribution in [3.8, 4) is 0 Å². The van der Waals surface area contributed by atoms with Crippen LogP contribution in [0.3, 0.4) is 0 Å². The second-order valence-electron chi connectivity index (χ2n) is 3.77. The lowest BCUT2D eigenvalue weighted by atomic mass is 10.2. The highest BCUT2D eigenvalue weighted by atomic mass is 127. The second-order valence-corrected chi connectivity index (χ2v) is 3.77. The molecule has 114 valence electrons. The van der Waals surface area contributed by atoms with Crippen molar-refractivity contribution in [2.24, 2.45) is 12.0 Å². The maximum Gasteiger partial charge on any atom is 0.435 e. The quantitative estimate of drug-likeness (QED) is 0.350. The predicted octanol–water partition coefficient (Wildman–Crippen LogP) is 1.91. The Morgan fingerprint density at radius 3 is 2.65 bits per heavy atom. The minimum Gasteiger partial charge on any atom is -0.353 e. The smallest absolute Gasteiger partial charge is 0.353 e. The zero-order valence-electron chi connectivity index (χ0n) is 11.2. The van der Waals surface area contributed by atoms with E-state index in [9.17, 15) is 13.2 Å². The number of hydrogen-bond donors (Lipinski definition) is 2. The summed E-state index contributed by atoms with van der Waals surface area (Å²) >= 11 is 0. The Hall–Kier alpha value is -1.26. The number of halogens is 4. The fourth-order valence-electron chi connectivity index (χ4n) is 1.47. The molecule has 0 aliphatic carbocycles. The molecule has 0 radical (unpaired) electrons. The molecule has 0 bridgehead atoms. The lowest BCUT2D eigenvalue weighted by molar-refractivity contribution is -0.142. The molecule has 0 atom stereocenters. The fourth-order valence-corrected chi connectivity index (χ4v) is 1.47. The summed E-state index contributed by atoms with van der Waals surface area (Å²) in [5.41, 5.74) is -0.821. The first-order valence-electron chi connectivity index (χ1n) is 5.53. The van der Waals surface area contributed by atoms with Crippen LogP contribution in [0.1, 0.15) is 11.3 Å². The van der Waals surface area contributed by atoms with Crippen LogP contribution in [0.5, 0.6) is 0 Å². The summed E-state index contributed by atoms with van der Waals surface area (Å²) in [6, 6.07) is 0. The van der Waals surface area contributed by atoms with Gasteiger partial charge in [0.25, 0.3) is 0 Å². The number of aromatic nitrogens is 2. The Morgan fingerprint density at radius 1 is 1.50 bits per heavy atom. The van der Waals surface area contributed by atoms with E-state index in [2.05, 4.69) is 27.3 Å². The fraction of sp³-hybridized carbons (Fsp3) is 0.455. The number of aliphatic imine (C=N–C) groups is 1. The highest BCUT2D eigenvalue weighted by Crippen LogP contribution is 2.30. The van der Waals surface area contributed by atoms with Gasteiger partial charge in [-0.15, -0.1) is 30.6 Å². The minimum atomic E-state index is -4.46. The van der Waals surface area contributed by atoms with E-state index in [1.165, 1.54) is 20.3 Å². The summed E-state index contributed by atoms with van der Waals surface area (Å²) in [5, 5.41) is 9.07. The van der Waals surface area contributed by atoms with Crippen molar-refractivity contribution in [2.45, 2.75) is 12.7 Å². The molecule has 1 aromatic rings. The molecular formula is C11H17F3IN5. The maximum atomic E-state index is 12.7. The molecule has 0 fully saturated rings. The molecule has 1 heterocycles. The summed E-state index contributed by atoms with van der Waals surface area (Å²) in [6.07, 6.45) is -1.51. The van der Waals surface area contributed by atoms with Crippen molar-refractivity contribution in [1.82, 2.24) is 20.4 Å². The molecule has 0 saturated carbocycles. The number of guanidine groups is 1. The molecule has 9 heteroatoms. The second kappa shape index (κ2) is 8.12. The third-order valence-electron chi connectivity index (χ3n) is 2.26. The molecule has 0 spiro atoms. The molecular weight excluding hydrogens is 386 g/mol. The number of aryl methyl sites for hydroxylation is 1. The SMILES string of the molecule is C=CCNC(=NC)NCc1cn(C)nc1C(F)(F)F.I. The first-order valence-corrected chi connectivity index (χ1v) is 5.53. The van der Waals surface area contributed by atoms with Gasteiger partial charge in [0, 0.05) is 38.9 Å². The van der Waals surface area contributed by atoms with Crippen LogP contribution in [0, 0.1) is 0 Å². The number of nitrogens with zero attached hydrogens (tertiary/aromatic N) is 3. The van der Waals surface area contributed by atoms with Gasteiger partial charge < -0.3 is 10.6 Å².